The Balaban J connectivity index is 1.80. The zero-order chi connectivity index (χ0) is 19.8. The Morgan fingerprint density at radius 1 is 1.15 bits per heavy atom. The van der Waals surface area contributed by atoms with Crippen LogP contribution in [0, 0.1) is 0 Å². The Kier molecular flexibility index (Phi) is 5.20. The van der Waals surface area contributed by atoms with E-state index in [0.717, 1.165) is 21.8 Å². The smallest absolute Gasteiger partial charge is 0.319 e. The number of urea groups is 1. The number of carbonyl (C=O) groups excluding carboxylic acids is 3. The van der Waals surface area contributed by atoms with Crippen LogP contribution in [-0.4, -0.2) is 29.2 Å². The van der Waals surface area contributed by atoms with Crippen LogP contribution < -0.4 is 5.32 Å². The van der Waals surface area contributed by atoms with Crippen LogP contribution in [0.1, 0.15) is 59.3 Å². The van der Waals surface area contributed by atoms with Gasteiger partial charge in [0, 0.05) is 4.88 Å². The third-order valence-corrected chi connectivity index (χ3v) is 6.29. The summed E-state index contributed by atoms with van der Waals surface area (Å²) in [7, 11) is 0. The normalized spacial score (nSPS) is 19.7. The van der Waals surface area contributed by atoms with Crippen LogP contribution in [0.5, 0.6) is 0 Å². The quantitative estimate of drug-likeness (QED) is 0.603. The van der Waals surface area contributed by atoms with E-state index >= 15 is 0 Å². The number of aryl methyl sites for hydroxylation is 1. The van der Waals surface area contributed by atoms with E-state index in [-0.39, 0.29) is 12.3 Å². The van der Waals surface area contributed by atoms with Gasteiger partial charge < -0.3 is 5.32 Å². The van der Waals surface area contributed by atoms with Crippen molar-refractivity contribution in [2.24, 2.45) is 0 Å². The number of hydrogen-bond acceptors (Lipinski definition) is 4. The van der Waals surface area contributed by atoms with Gasteiger partial charge in [-0.15, -0.1) is 11.3 Å². The Hall–Kier alpha value is -2.47. The molecule has 0 saturated carbocycles. The minimum absolute atomic E-state index is 0.220. The average molecular weight is 385 g/mol. The van der Waals surface area contributed by atoms with Gasteiger partial charge in [-0.25, -0.2) is 4.79 Å². The maximum atomic E-state index is 13.0. The standard InChI is InChI=1S/C21H24N2O3S/c1-5-16-10-11-18(27-16)17(24)12-23-19(25)21(4,22-20(23)26)15-8-6-14(7-9-15)13(2)3/h6-11,13H,5,12H2,1-4H3,(H,22,26)/t21-/m0/s1. The van der Waals surface area contributed by atoms with Gasteiger partial charge in [0.15, 0.2) is 5.78 Å². The summed E-state index contributed by atoms with van der Waals surface area (Å²) in [5, 5.41) is 2.76. The molecule has 0 radical (unpaired) electrons. The van der Waals surface area contributed by atoms with Crippen molar-refractivity contribution in [3.63, 3.8) is 0 Å². The van der Waals surface area contributed by atoms with Crippen molar-refractivity contribution in [2.75, 3.05) is 6.54 Å². The van der Waals surface area contributed by atoms with Crippen LogP contribution in [0.4, 0.5) is 4.79 Å². The molecule has 1 aromatic heterocycles. The van der Waals surface area contributed by atoms with Gasteiger partial charge >= 0.3 is 6.03 Å². The van der Waals surface area contributed by atoms with Crippen molar-refractivity contribution in [3.05, 3.63) is 57.3 Å². The van der Waals surface area contributed by atoms with E-state index in [2.05, 4.69) is 19.2 Å². The number of amides is 3. The number of nitrogens with one attached hydrogen (secondary N) is 1. The maximum absolute atomic E-state index is 13.0. The lowest BCUT2D eigenvalue weighted by molar-refractivity contribution is -0.130. The largest absolute Gasteiger partial charge is 0.325 e. The van der Waals surface area contributed by atoms with E-state index < -0.39 is 17.5 Å². The van der Waals surface area contributed by atoms with Crippen molar-refractivity contribution in [1.82, 2.24) is 10.2 Å². The third-order valence-electron chi connectivity index (χ3n) is 5.02. The molecule has 1 aliphatic rings. The van der Waals surface area contributed by atoms with E-state index in [0.29, 0.717) is 16.4 Å². The van der Waals surface area contributed by atoms with Gasteiger partial charge in [0.2, 0.25) is 0 Å². The SMILES string of the molecule is CCc1ccc(C(=O)CN2C(=O)N[C@@](C)(c3ccc(C(C)C)cc3)C2=O)s1. The molecule has 6 heteroatoms. The number of hydrogen-bond donors (Lipinski definition) is 1. The highest BCUT2D eigenvalue weighted by Gasteiger charge is 2.49. The molecule has 0 unspecified atom stereocenters. The third kappa shape index (κ3) is 3.54. The average Bonchev–Trinajstić information content (AvgIpc) is 3.21. The molecule has 1 aliphatic heterocycles. The summed E-state index contributed by atoms with van der Waals surface area (Å²) >= 11 is 1.41. The molecule has 0 bridgehead atoms. The highest BCUT2D eigenvalue weighted by atomic mass is 32.1. The predicted octanol–water partition coefficient (Wildman–Crippen LogP) is 4.08. The number of benzene rings is 1. The first kappa shape index (κ1) is 19.3. The summed E-state index contributed by atoms with van der Waals surface area (Å²) < 4.78 is 0. The van der Waals surface area contributed by atoms with Crippen LogP contribution in [0.25, 0.3) is 0 Å². The van der Waals surface area contributed by atoms with E-state index in [1.807, 2.05) is 37.3 Å². The Bertz CT molecular complexity index is 885. The summed E-state index contributed by atoms with van der Waals surface area (Å²) in [5.74, 6) is -0.235. The first-order chi connectivity index (χ1) is 12.8. The van der Waals surface area contributed by atoms with Crippen LogP contribution in [0.15, 0.2) is 36.4 Å². The highest BCUT2D eigenvalue weighted by molar-refractivity contribution is 7.14. The van der Waals surface area contributed by atoms with Gasteiger partial charge in [0.05, 0.1) is 11.4 Å². The van der Waals surface area contributed by atoms with Gasteiger partial charge in [0.25, 0.3) is 5.91 Å². The summed E-state index contributed by atoms with van der Waals surface area (Å²) in [5.41, 5.74) is 0.719. The van der Waals surface area contributed by atoms with E-state index in [1.165, 1.54) is 11.3 Å². The molecule has 5 nitrogen and oxygen atoms in total. The summed E-state index contributed by atoms with van der Waals surface area (Å²) in [4.78, 5) is 40.6. The zero-order valence-corrected chi connectivity index (χ0v) is 16.9. The Labute approximate surface area is 163 Å². The van der Waals surface area contributed by atoms with Crippen LogP contribution >= 0.6 is 11.3 Å². The van der Waals surface area contributed by atoms with Crippen LogP contribution in [0.2, 0.25) is 0 Å². The van der Waals surface area contributed by atoms with Crippen molar-refractivity contribution in [3.8, 4) is 0 Å². The number of imide groups is 1. The number of Topliss-reactive ketones (excluding diaryl/α,β-unsaturated/α-hetero) is 1. The van der Waals surface area contributed by atoms with Crippen molar-refractivity contribution in [1.29, 1.82) is 0 Å². The molecule has 1 fully saturated rings. The Morgan fingerprint density at radius 3 is 2.37 bits per heavy atom. The lowest BCUT2D eigenvalue weighted by Crippen LogP contribution is -2.41. The molecule has 142 valence electrons. The molecule has 2 heterocycles. The molecule has 1 atom stereocenters. The predicted molar refractivity (Wildman–Crippen MR) is 106 cm³/mol. The second-order valence-electron chi connectivity index (χ2n) is 7.27. The molecule has 1 aromatic carbocycles. The minimum atomic E-state index is -1.16. The Morgan fingerprint density at radius 2 is 1.81 bits per heavy atom. The molecular formula is C21H24N2O3S. The van der Waals surface area contributed by atoms with Gasteiger partial charge in [-0.3, -0.25) is 14.5 Å². The molecular weight excluding hydrogens is 360 g/mol. The van der Waals surface area contributed by atoms with Gasteiger partial charge in [-0.05, 0) is 42.5 Å². The number of nitrogens with zero attached hydrogens (tertiary/aromatic N) is 1. The molecule has 27 heavy (non-hydrogen) atoms. The number of ketones is 1. The second kappa shape index (κ2) is 7.27. The lowest BCUT2D eigenvalue weighted by atomic mass is 9.90. The second-order valence-corrected chi connectivity index (χ2v) is 8.43. The van der Waals surface area contributed by atoms with Gasteiger partial charge in [-0.2, -0.15) is 0 Å². The molecule has 3 rings (SSSR count). The first-order valence-electron chi connectivity index (χ1n) is 9.12. The summed E-state index contributed by atoms with van der Waals surface area (Å²) in [6, 6.07) is 10.8. The topological polar surface area (TPSA) is 66.5 Å². The molecule has 3 amide bonds. The van der Waals surface area contributed by atoms with Crippen molar-refractivity contribution < 1.29 is 14.4 Å². The first-order valence-corrected chi connectivity index (χ1v) is 9.94. The fourth-order valence-electron chi connectivity index (χ4n) is 3.18. The number of thiophene rings is 1. The highest BCUT2D eigenvalue weighted by Crippen LogP contribution is 2.30. The molecule has 0 aliphatic carbocycles. The van der Waals surface area contributed by atoms with Gasteiger partial charge in [-0.1, -0.05) is 45.0 Å². The fraction of sp³-hybridized carbons (Fsp3) is 0.381. The van der Waals surface area contributed by atoms with Gasteiger partial charge in [0.1, 0.15) is 5.54 Å². The fourth-order valence-corrected chi connectivity index (χ4v) is 4.05. The molecule has 1 saturated heterocycles. The molecule has 1 N–H and O–H groups in total. The van der Waals surface area contributed by atoms with Crippen molar-refractivity contribution in [2.45, 2.75) is 45.6 Å². The zero-order valence-electron chi connectivity index (χ0n) is 16.0. The van der Waals surface area contributed by atoms with E-state index in [4.69, 9.17) is 0 Å². The number of carbonyl (C=O) groups is 3. The number of rotatable bonds is 6. The monoisotopic (exact) mass is 384 g/mol. The van der Waals surface area contributed by atoms with Crippen molar-refractivity contribution >= 4 is 29.1 Å². The van der Waals surface area contributed by atoms with Crippen LogP contribution in [0.3, 0.4) is 0 Å². The molecule has 2 aromatic rings. The lowest BCUT2D eigenvalue weighted by Gasteiger charge is -2.22. The summed E-state index contributed by atoms with van der Waals surface area (Å²) in [6.07, 6.45) is 0.853. The van der Waals surface area contributed by atoms with E-state index in [1.54, 1.807) is 13.0 Å². The maximum Gasteiger partial charge on any atom is 0.325 e. The minimum Gasteiger partial charge on any atom is -0.319 e. The summed E-state index contributed by atoms with van der Waals surface area (Å²) in [6.45, 7) is 7.66. The molecule has 0 spiro atoms. The van der Waals surface area contributed by atoms with Crippen LogP contribution in [-0.2, 0) is 16.8 Å². The van der Waals surface area contributed by atoms with E-state index in [9.17, 15) is 14.4 Å².